The molecule has 9 nitrogen and oxygen atoms in total. The highest BCUT2D eigenvalue weighted by atomic mass is 16.5. The Hall–Kier alpha value is -4.21. The molecule has 1 saturated heterocycles. The lowest BCUT2D eigenvalue weighted by Gasteiger charge is -2.32. The number of ether oxygens (including phenoxy) is 1. The monoisotopic (exact) mass is 540 g/mol. The van der Waals surface area contributed by atoms with Crippen LogP contribution in [0.1, 0.15) is 37.5 Å². The number of nitrogens with one attached hydrogen (secondary N) is 3. The lowest BCUT2D eigenvalue weighted by atomic mass is 10.0. The van der Waals surface area contributed by atoms with E-state index in [1.807, 2.05) is 42.5 Å². The second-order valence-electron chi connectivity index (χ2n) is 10.4. The number of aromatic nitrogens is 2. The van der Waals surface area contributed by atoms with E-state index >= 15 is 0 Å². The van der Waals surface area contributed by atoms with Crippen LogP contribution in [0.15, 0.2) is 60.8 Å². The number of anilines is 2. The minimum absolute atomic E-state index is 0.110. The van der Waals surface area contributed by atoms with E-state index in [2.05, 4.69) is 50.4 Å². The Morgan fingerprint density at radius 3 is 2.62 bits per heavy atom. The van der Waals surface area contributed by atoms with Crippen molar-refractivity contribution in [3.8, 4) is 0 Å². The number of carbonyl (C=O) groups is 2. The van der Waals surface area contributed by atoms with Crippen molar-refractivity contribution in [3.05, 3.63) is 88.7 Å². The summed E-state index contributed by atoms with van der Waals surface area (Å²) in [6.45, 7) is 8.01. The third kappa shape index (κ3) is 6.67. The number of benzene rings is 2. The van der Waals surface area contributed by atoms with Crippen LogP contribution in [-0.2, 0) is 17.7 Å². The van der Waals surface area contributed by atoms with E-state index in [0.29, 0.717) is 23.4 Å². The Kier molecular flexibility index (Phi) is 8.42. The molecule has 1 fully saturated rings. The van der Waals surface area contributed by atoms with Crippen LogP contribution in [0.3, 0.4) is 0 Å². The zero-order chi connectivity index (χ0) is 28.1. The normalized spacial score (nSPS) is 14.3. The maximum Gasteiger partial charge on any atom is 0.354 e. The van der Waals surface area contributed by atoms with Gasteiger partial charge in [-0.15, -0.1) is 0 Å². The fraction of sp³-hybridized carbons (Fsp3) is 0.323. The van der Waals surface area contributed by atoms with Crippen molar-refractivity contribution in [3.63, 3.8) is 0 Å². The zero-order valence-corrected chi connectivity index (χ0v) is 23.3. The number of aryl methyl sites for hydroxylation is 1. The summed E-state index contributed by atoms with van der Waals surface area (Å²) < 4.78 is 4.76. The zero-order valence-electron chi connectivity index (χ0n) is 23.3. The second-order valence-corrected chi connectivity index (χ2v) is 10.4. The van der Waals surface area contributed by atoms with Gasteiger partial charge in [-0.05, 0) is 73.5 Å². The molecule has 0 spiro atoms. The molecular weight excluding hydrogens is 504 g/mol. The van der Waals surface area contributed by atoms with E-state index in [1.54, 1.807) is 12.3 Å². The lowest BCUT2D eigenvalue weighted by Crippen LogP contribution is -2.43. The molecule has 2 aromatic carbocycles. The van der Waals surface area contributed by atoms with Gasteiger partial charge in [0.15, 0.2) is 0 Å². The van der Waals surface area contributed by atoms with Gasteiger partial charge in [0.1, 0.15) is 11.3 Å². The number of aromatic amines is 1. The Balaban J connectivity index is 1.15. The Labute approximate surface area is 234 Å². The predicted octanol–water partition coefficient (Wildman–Crippen LogP) is 4.31. The van der Waals surface area contributed by atoms with Crippen molar-refractivity contribution < 1.29 is 14.3 Å². The van der Waals surface area contributed by atoms with Crippen LogP contribution in [0.25, 0.3) is 11.0 Å². The fourth-order valence-corrected chi connectivity index (χ4v) is 4.95. The summed E-state index contributed by atoms with van der Waals surface area (Å²) in [5, 5.41) is 7.26. The van der Waals surface area contributed by atoms with Gasteiger partial charge in [0.2, 0.25) is 0 Å². The summed E-state index contributed by atoms with van der Waals surface area (Å²) in [7, 11) is 3.51. The van der Waals surface area contributed by atoms with E-state index in [1.165, 1.54) is 12.7 Å². The molecular formula is C31H36N6O3. The number of likely N-dealkylation sites (N-methyl/N-ethyl adjacent to an activating group) is 1. The third-order valence-corrected chi connectivity index (χ3v) is 7.40. The summed E-state index contributed by atoms with van der Waals surface area (Å²) in [4.78, 5) is 36.9. The Morgan fingerprint density at radius 1 is 1.02 bits per heavy atom. The van der Waals surface area contributed by atoms with Crippen molar-refractivity contribution in [2.24, 2.45) is 0 Å². The van der Waals surface area contributed by atoms with Gasteiger partial charge in [0, 0.05) is 55.9 Å². The summed E-state index contributed by atoms with van der Waals surface area (Å²) in [6, 6.07) is 17.6. The first kappa shape index (κ1) is 27.4. The summed E-state index contributed by atoms with van der Waals surface area (Å²) in [5.41, 5.74) is 6.81. The van der Waals surface area contributed by atoms with Gasteiger partial charge >= 0.3 is 5.97 Å². The number of methoxy groups -OCH3 is 1. The Bertz CT molecular complexity index is 1510. The first-order valence-corrected chi connectivity index (χ1v) is 13.6. The Morgan fingerprint density at radius 2 is 1.85 bits per heavy atom. The van der Waals surface area contributed by atoms with Crippen LogP contribution in [0, 0.1) is 6.92 Å². The lowest BCUT2D eigenvalue weighted by molar-refractivity contribution is 0.0595. The largest absolute Gasteiger partial charge is 0.464 e. The quantitative estimate of drug-likeness (QED) is 0.272. The molecule has 0 atom stereocenters. The molecule has 0 aliphatic carbocycles. The van der Waals surface area contributed by atoms with Crippen molar-refractivity contribution in [1.82, 2.24) is 19.8 Å². The van der Waals surface area contributed by atoms with Crippen LogP contribution in [-0.4, -0.2) is 78.5 Å². The number of carbonyl (C=O) groups excluding carboxylic acids is 2. The van der Waals surface area contributed by atoms with E-state index in [-0.39, 0.29) is 5.91 Å². The van der Waals surface area contributed by atoms with Crippen molar-refractivity contribution in [2.75, 3.05) is 57.5 Å². The van der Waals surface area contributed by atoms with Gasteiger partial charge in [0.05, 0.1) is 19.0 Å². The summed E-state index contributed by atoms with van der Waals surface area (Å²) >= 11 is 0. The highest BCUT2D eigenvalue weighted by Crippen LogP contribution is 2.20. The van der Waals surface area contributed by atoms with E-state index in [0.717, 1.165) is 67.0 Å². The van der Waals surface area contributed by atoms with Crippen molar-refractivity contribution >= 4 is 34.3 Å². The minimum atomic E-state index is -0.423. The molecule has 40 heavy (non-hydrogen) atoms. The number of hydrogen-bond acceptors (Lipinski definition) is 7. The maximum atomic E-state index is 13.0. The first-order chi connectivity index (χ1) is 19.4. The molecule has 0 saturated carbocycles. The smallest absolute Gasteiger partial charge is 0.354 e. The number of rotatable bonds is 9. The van der Waals surface area contributed by atoms with E-state index in [9.17, 15) is 9.59 Å². The van der Waals surface area contributed by atoms with Crippen LogP contribution < -0.4 is 10.6 Å². The molecule has 0 unspecified atom stereocenters. The molecule has 208 valence electrons. The highest BCUT2D eigenvalue weighted by Gasteiger charge is 2.16. The van der Waals surface area contributed by atoms with Gasteiger partial charge < -0.3 is 25.3 Å². The molecule has 5 rings (SSSR count). The fourth-order valence-electron chi connectivity index (χ4n) is 4.95. The van der Waals surface area contributed by atoms with Gasteiger partial charge in [-0.3, -0.25) is 9.69 Å². The van der Waals surface area contributed by atoms with Crippen LogP contribution in [0.5, 0.6) is 0 Å². The van der Waals surface area contributed by atoms with Gasteiger partial charge in [-0.1, -0.05) is 18.2 Å². The molecule has 9 heteroatoms. The SMILES string of the molecule is COC(=O)c1cc2cc(NCCc3cccc(NC(=O)c4ccc(CN5CCN(C)CC5)c(C)c4)c3)cnc2[nH]1. The maximum absolute atomic E-state index is 13.0. The summed E-state index contributed by atoms with van der Waals surface area (Å²) in [5.74, 6) is -0.533. The molecule has 1 amide bonds. The molecule has 2 aromatic heterocycles. The van der Waals surface area contributed by atoms with Gasteiger partial charge in [0.25, 0.3) is 5.91 Å². The topological polar surface area (TPSA) is 103 Å². The molecule has 3 N–H and O–H groups in total. The number of nitrogens with zero attached hydrogens (tertiary/aromatic N) is 3. The summed E-state index contributed by atoms with van der Waals surface area (Å²) in [6.07, 6.45) is 2.50. The second kappa shape index (κ2) is 12.3. The average Bonchev–Trinajstić information content (AvgIpc) is 3.39. The number of piperazine rings is 1. The molecule has 1 aliphatic rings. The highest BCUT2D eigenvalue weighted by molar-refractivity contribution is 6.04. The molecule has 0 radical (unpaired) electrons. The van der Waals surface area contributed by atoms with Crippen LogP contribution in [0.2, 0.25) is 0 Å². The number of esters is 1. The molecule has 3 heterocycles. The molecule has 0 bridgehead atoms. The number of pyridine rings is 1. The average molecular weight is 541 g/mol. The number of amides is 1. The van der Waals surface area contributed by atoms with Crippen LogP contribution in [0.4, 0.5) is 11.4 Å². The van der Waals surface area contributed by atoms with Gasteiger partial charge in [-0.2, -0.15) is 0 Å². The van der Waals surface area contributed by atoms with Crippen LogP contribution >= 0.6 is 0 Å². The first-order valence-electron chi connectivity index (χ1n) is 13.6. The van der Waals surface area contributed by atoms with Crippen molar-refractivity contribution in [1.29, 1.82) is 0 Å². The van der Waals surface area contributed by atoms with Crippen molar-refractivity contribution in [2.45, 2.75) is 19.9 Å². The number of H-pyrrole nitrogens is 1. The van der Waals surface area contributed by atoms with E-state index < -0.39 is 5.97 Å². The number of hydrogen-bond donors (Lipinski definition) is 3. The van der Waals surface area contributed by atoms with E-state index in [4.69, 9.17) is 4.74 Å². The predicted molar refractivity (Wildman–Crippen MR) is 158 cm³/mol. The standard InChI is InChI=1S/C31H36N6O3/c1-21-15-23(7-8-24(21)20-37-13-11-36(2)12-14-37)30(38)34-26-6-4-5-22(16-26)9-10-32-27-17-25-18-28(31(39)40-3)35-29(25)33-19-27/h4-8,15-19,32H,9-14,20H2,1-3H3,(H,33,35)(H,34,38). The third-order valence-electron chi connectivity index (χ3n) is 7.40. The molecule has 1 aliphatic heterocycles. The van der Waals surface area contributed by atoms with Gasteiger partial charge in [-0.25, -0.2) is 9.78 Å². The number of fused-ring (bicyclic) bond motifs is 1. The molecule has 4 aromatic rings. The minimum Gasteiger partial charge on any atom is -0.464 e.